The van der Waals surface area contributed by atoms with Crippen molar-refractivity contribution in [3.8, 4) is 5.75 Å². The number of carboxylic acids is 1. The lowest BCUT2D eigenvalue weighted by Gasteiger charge is -2.11. The summed E-state index contributed by atoms with van der Waals surface area (Å²) in [6.45, 7) is 0. The number of hydrogen-bond donors (Lipinski definition) is 1. The minimum atomic E-state index is -1.30. The third-order valence-electron chi connectivity index (χ3n) is 1.53. The Morgan fingerprint density at radius 2 is 2.14 bits per heavy atom. The van der Waals surface area contributed by atoms with Crippen LogP contribution in [-0.4, -0.2) is 23.9 Å². The molecule has 74 valence electrons. The second kappa shape index (κ2) is 4.27. The van der Waals surface area contributed by atoms with E-state index in [1.54, 1.807) is 6.07 Å². The van der Waals surface area contributed by atoms with Crippen LogP contribution in [-0.2, 0) is 9.63 Å². The number of benzene rings is 1. The number of carbonyl (C=O) groups is 1. The van der Waals surface area contributed by atoms with E-state index in [1.807, 2.05) is 0 Å². The van der Waals surface area contributed by atoms with E-state index in [0.29, 0.717) is 0 Å². The fourth-order valence-corrected chi connectivity index (χ4v) is 0.957. The first kappa shape index (κ1) is 10.0. The standard InChI is InChI=1S/C9H9NO4/c1-14-10-8(9(12)13)6-4-2-3-5-7(6)11/h2-5,11H,1H3,(H,12,13)/p-1/b10-8-. The monoisotopic (exact) mass is 194 g/mol. The molecule has 0 saturated heterocycles. The first-order chi connectivity index (χ1) is 6.66. The first-order valence-electron chi connectivity index (χ1n) is 3.77. The fraction of sp³-hybridized carbons (Fsp3) is 0.111. The fourth-order valence-electron chi connectivity index (χ4n) is 0.957. The molecule has 14 heavy (non-hydrogen) atoms. The van der Waals surface area contributed by atoms with Gasteiger partial charge in [-0.25, -0.2) is 4.79 Å². The van der Waals surface area contributed by atoms with Crippen molar-refractivity contribution in [2.24, 2.45) is 5.16 Å². The summed E-state index contributed by atoms with van der Waals surface area (Å²) in [5.74, 6) is -1.69. The number of hydrogen-bond acceptors (Lipinski definition) is 4. The molecule has 0 atom stereocenters. The van der Waals surface area contributed by atoms with Crippen LogP contribution < -0.4 is 5.11 Å². The molecule has 0 bridgehead atoms. The maximum absolute atomic E-state index is 11.2. The van der Waals surface area contributed by atoms with E-state index < -0.39 is 17.4 Å². The number of para-hydroxylation sites is 1. The summed E-state index contributed by atoms with van der Waals surface area (Å²) in [7, 11) is 1.22. The highest BCUT2D eigenvalue weighted by molar-refractivity contribution is 6.43. The van der Waals surface area contributed by atoms with Crippen molar-refractivity contribution in [1.82, 2.24) is 0 Å². The van der Waals surface area contributed by atoms with E-state index >= 15 is 0 Å². The minimum absolute atomic E-state index is 0.0156. The van der Waals surface area contributed by atoms with Crippen LogP contribution in [0.2, 0.25) is 0 Å². The van der Waals surface area contributed by atoms with Crippen LogP contribution in [0.25, 0.3) is 0 Å². The van der Waals surface area contributed by atoms with Gasteiger partial charge in [-0.15, -0.1) is 0 Å². The molecule has 0 amide bonds. The van der Waals surface area contributed by atoms with Crippen molar-refractivity contribution >= 4 is 11.7 Å². The summed E-state index contributed by atoms with van der Waals surface area (Å²) in [6.07, 6.45) is 0. The second-order valence-electron chi connectivity index (χ2n) is 2.42. The third kappa shape index (κ3) is 2.01. The van der Waals surface area contributed by atoms with Gasteiger partial charge in [0.05, 0.1) is 0 Å². The van der Waals surface area contributed by atoms with Crippen molar-refractivity contribution in [2.75, 3.05) is 7.11 Å². The lowest BCUT2D eigenvalue weighted by Crippen LogP contribution is -2.16. The molecule has 5 heteroatoms. The predicted octanol–water partition coefficient (Wildman–Crippen LogP) is 0.195. The lowest BCUT2D eigenvalue weighted by atomic mass is 10.1. The summed E-state index contributed by atoms with van der Waals surface area (Å²) in [6, 6.07) is 5.74. The Hall–Kier alpha value is -2.04. The summed E-state index contributed by atoms with van der Waals surface area (Å²) < 4.78 is 0. The van der Waals surface area contributed by atoms with E-state index in [9.17, 15) is 9.90 Å². The van der Waals surface area contributed by atoms with Gasteiger partial charge in [0.15, 0.2) is 5.71 Å². The molecule has 0 heterocycles. The Kier molecular flexibility index (Phi) is 3.06. The molecule has 0 saturated carbocycles. The van der Waals surface area contributed by atoms with Crippen LogP contribution in [0.4, 0.5) is 0 Å². The highest BCUT2D eigenvalue weighted by Crippen LogP contribution is 2.13. The summed E-state index contributed by atoms with van der Waals surface area (Å²) in [5.41, 5.74) is -0.375. The number of nitrogens with zero attached hydrogens (tertiary/aromatic N) is 1. The van der Waals surface area contributed by atoms with Crippen LogP contribution in [0.5, 0.6) is 5.75 Å². The molecule has 0 fully saturated rings. The Morgan fingerprint density at radius 3 is 2.64 bits per heavy atom. The van der Waals surface area contributed by atoms with Crippen molar-refractivity contribution in [1.29, 1.82) is 0 Å². The van der Waals surface area contributed by atoms with Gasteiger partial charge in [-0.1, -0.05) is 35.2 Å². The van der Waals surface area contributed by atoms with Gasteiger partial charge in [0.25, 0.3) is 0 Å². The quantitative estimate of drug-likeness (QED) is 0.550. The summed E-state index contributed by atoms with van der Waals surface area (Å²) >= 11 is 0. The zero-order valence-corrected chi connectivity index (χ0v) is 7.43. The molecular weight excluding hydrogens is 186 g/mol. The van der Waals surface area contributed by atoms with Crippen molar-refractivity contribution < 1.29 is 19.8 Å². The second-order valence-corrected chi connectivity index (χ2v) is 2.42. The van der Waals surface area contributed by atoms with Crippen LogP contribution in [0, 0.1) is 0 Å². The number of oxime groups is 1. The smallest absolute Gasteiger partial charge is 0.358 e. The molecule has 1 aromatic rings. The Balaban J connectivity index is 3.19. The number of aliphatic carboxylic acids is 1. The zero-order chi connectivity index (χ0) is 10.6. The lowest BCUT2D eigenvalue weighted by molar-refractivity contribution is -0.268. The summed E-state index contributed by atoms with van der Waals surface area (Å²) in [4.78, 5) is 15.0. The van der Waals surface area contributed by atoms with E-state index in [4.69, 9.17) is 5.11 Å². The molecule has 1 rings (SSSR count). The maximum atomic E-state index is 11.2. The average Bonchev–Trinajstić information content (AvgIpc) is 2.15. The van der Waals surface area contributed by atoms with Crippen LogP contribution in [0.1, 0.15) is 5.56 Å². The van der Waals surface area contributed by atoms with E-state index in [0.717, 1.165) is 0 Å². The van der Waals surface area contributed by atoms with Gasteiger partial charge in [0, 0.05) is 5.56 Å². The molecule has 0 aliphatic carbocycles. The summed E-state index contributed by atoms with van der Waals surface area (Å²) in [5, 5.41) is 23.2. The van der Waals surface area contributed by atoms with Crippen molar-refractivity contribution in [2.45, 2.75) is 0 Å². The Labute approximate surface area is 80.2 Å². The third-order valence-corrected chi connectivity index (χ3v) is 1.53. The molecule has 0 radical (unpaired) electrons. The minimum Gasteiger partial charge on any atom is -0.872 e. The van der Waals surface area contributed by atoms with Gasteiger partial charge in [-0.2, -0.15) is 0 Å². The van der Waals surface area contributed by atoms with Gasteiger partial charge >= 0.3 is 5.97 Å². The van der Waals surface area contributed by atoms with Crippen LogP contribution in [0.15, 0.2) is 29.4 Å². The van der Waals surface area contributed by atoms with Gasteiger partial charge in [-0.05, 0) is 0 Å². The average molecular weight is 194 g/mol. The first-order valence-corrected chi connectivity index (χ1v) is 3.77. The van der Waals surface area contributed by atoms with Gasteiger partial charge in [-0.3, -0.25) is 0 Å². The van der Waals surface area contributed by atoms with Gasteiger partial charge in [0.1, 0.15) is 7.11 Å². The molecule has 0 spiro atoms. The van der Waals surface area contributed by atoms with Crippen LogP contribution in [0.3, 0.4) is 0 Å². The van der Waals surface area contributed by atoms with E-state index in [-0.39, 0.29) is 5.56 Å². The topological polar surface area (TPSA) is 82.0 Å². The number of carboxylic acid groups (broad SMARTS) is 1. The molecule has 1 N–H and O–H groups in total. The van der Waals surface area contributed by atoms with Crippen molar-refractivity contribution in [3.05, 3.63) is 29.8 Å². The van der Waals surface area contributed by atoms with Crippen LogP contribution >= 0.6 is 0 Å². The van der Waals surface area contributed by atoms with E-state index in [2.05, 4.69) is 9.99 Å². The Morgan fingerprint density at radius 1 is 1.50 bits per heavy atom. The molecule has 0 aliphatic heterocycles. The van der Waals surface area contributed by atoms with Gasteiger partial charge in [0.2, 0.25) is 0 Å². The zero-order valence-electron chi connectivity index (χ0n) is 7.43. The highest BCUT2D eigenvalue weighted by Gasteiger charge is 2.13. The number of rotatable bonds is 3. The molecule has 0 aromatic heterocycles. The molecule has 5 nitrogen and oxygen atoms in total. The van der Waals surface area contributed by atoms with Crippen molar-refractivity contribution in [3.63, 3.8) is 0 Å². The highest BCUT2D eigenvalue weighted by atomic mass is 16.6. The molecule has 0 aliphatic rings. The molecular formula is C9H8NO4-. The maximum Gasteiger partial charge on any atom is 0.358 e. The van der Waals surface area contributed by atoms with E-state index in [1.165, 1.54) is 25.3 Å². The van der Waals surface area contributed by atoms with Gasteiger partial charge < -0.3 is 15.1 Å². The largest absolute Gasteiger partial charge is 0.872 e. The molecule has 0 unspecified atom stereocenters. The SMILES string of the molecule is CO/N=C(\C(=O)O)c1ccccc1[O-]. The molecule has 1 aromatic carbocycles. The Bertz CT molecular complexity index is 373. The normalized spacial score (nSPS) is 11.1. The predicted molar refractivity (Wildman–Crippen MR) is 47.1 cm³/mol.